The Morgan fingerprint density at radius 1 is 1.15 bits per heavy atom. The molecule has 1 heterocycles. The van der Waals surface area contributed by atoms with Crippen molar-refractivity contribution in [2.75, 3.05) is 57.9 Å². The maximum Gasteiger partial charge on any atom is 0.191 e. The smallest absolute Gasteiger partial charge is 0.191 e. The second kappa shape index (κ2) is 10.5. The van der Waals surface area contributed by atoms with Crippen molar-refractivity contribution in [3.63, 3.8) is 0 Å². The molecule has 1 saturated heterocycles. The molecule has 8 heteroatoms. The summed E-state index contributed by atoms with van der Waals surface area (Å²) in [6.45, 7) is 7.86. The summed E-state index contributed by atoms with van der Waals surface area (Å²) in [5, 5.41) is 6.57. The van der Waals surface area contributed by atoms with E-state index in [9.17, 15) is 8.42 Å². The Labute approximate surface area is 158 Å². The third-order valence-electron chi connectivity index (χ3n) is 5.33. The quantitative estimate of drug-likeness (QED) is 0.367. The molecule has 2 N–H and O–H groups in total. The van der Waals surface area contributed by atoms with Crippen molar-refractivity contribution in [3.8, 4) is 0 Å². The van der Waals surface area contributed by atoms with Crippen LogP contribution in [0.1, 0.15) is 45.4 Å². The first kappa shape index (κ1) is 21.4. The van der Waals surface area contributed by atoms with E-state index in [1.165, 1.54) is 38.4 Å². The average Bonchev–Trinajstić information content (AvgIpc) is 2.64. The number of hydrogen-bond donors (Lipinski definition) is 2. The van der Waals surface area contributed by atoms with Gasteiger partial charge in [-0.05, 0) is 26.2 Å². The van der Waals surface area contributed by atoms with Gasteiger partial charge in [0.05, 0.1) is 25.5 Å². The van der Waals surface area contributed by atoms with Crippen LogP contribution in [0.3, 0.4) is 0 Å². The van der Waals surface area contributed by atoms with Gasteiger partial charge in [0, 0.05) is 38.0 Å². The number of nitrogens with one attached hydrogen (secondary N) is 2. The normalized spacial score (nSPS) is 22.2. The lowest BCUT2D eigenvalue weighted by Crippen LogP contribution is -2.56. The zero-order valence-electron chi connectivity index (χ0n) is 16.4. The summed E-state index contributed by atoms with van der Waals surface area (Å²) in [5.41, 5.74) is 0.150. The Bertz CT molecular complexity index is 539. The summed E-state index contributed by atoms with van der Waals surface area (Å²) < 4.78 is 28.1. The summed E-state index contributed by atoms with van der Waals surface area (Å²) in [6.07, 6.45) is 8.13. The Morgan fingerprint density at radius 3 is 2.46 bits per heavy atom. The summed E-state index contributed by atoms with van der Waals surface area (Å²) in [4.78, 5) is 7.47. The van der Waals surface area contributed by atoms with Gasteiger partial charge in [-0.1, -0.05) is 19.3 Å². The molecular formula is C18H36N4O3S. The Hall–Kier alpha value is -0.860. The van der Waals surface area contributed by atoms with Crippen molar-refractivity contribution in [1.29, 1.82) is 0 Å². The summed E-state index contributed by atoms with van der Waals surface area (Å²) in [6, 6.07) is 0. The topological polar surface area (TPSA) is 83.0 Å². The molecule has 0 aromatic rings. The number of ether oxygens (including phenoxy) is 1. The molecule has 26 heavy (non-hydrogen) atoms. The fourth-order valence-electron chi connectivity index (χ4n) is 3.93. The van der Waals surface area contributed by atoms with E-state index in [1.54, 1.807) is 0 Å². The van der Waals surface area contributed by atoms with Crippen molar-refractivity contribution in [3.05, 3.63) is 0 Å². The maximum atomic E-state index is 11.3. The summed E-state index contributed by atoms with van der Waals surface area (Å²) >= 11 is 0. The molecule has 0 aromatic carbocycles. The van der Waals surface area contributed by atoms with Crippen LogP contribution in [-0.4, -0.2) is 82.8 Å². The van der Waals surface area contributed by atoms with Gasteiger partial charge in [0.25, 0.3) is 0 Å². The number of morpholine rings is 1. The molecule has 2 rings (SSSR count). The minimum atomic E-state index is -2.91. The second-order valence-corrected chi connectivity index (χ2v) is 9.75. The molecule has 1 aliphatic carbocycles. The highest BCUT2D eigenvalue weighted by molar-refractivity contribution is 7.90. The van der Waals surface area contributed by atoms with Crippen molar-refractivity contribution in [2.24, 2.45) is 4.99 Å². The first-order valence-electron chi connectivity index (χ1n) is 9.98. The van der Waals surface area contributed by atoms with Crippen molar-refractivity contribution < 1.29 is 13.2 Å². The van der Waals surface area contributed by atoms with Gasteiger partial charge in [-0.25, -0.2) is 8.42 Å². The van der Waals surface area contributed by atoms with Gasteiger partial charge in [-0.2, -0.15) is 0 Å². The lowest BCUT2D eigenvalue weighted by molar-refractivity contribution is -0.0333. The third kappa shape index (κ3) is 7.04. The molecule has 0 bridgehead atoms. The van der Waals surface area contributed by atoms with Crippen LogP contribution in [0.25, 0.3) is 0 Å². The van der Waals surface area contributed by atoms with Crippen LogP contribution in [0.2, 0.25) is 0 Å². The first-order valence-corrected chi connectivity index (χ1v) is 12.0. The van der Waals surface area contributed by atoms with E-state index >= 15 is 0 Å². The Balaban J connectivity index is 1.96. The SMILES string of the molecule is CCNC(=NCC1(N2CCOCC2)CCCCC1)NCCCS(C)(=O)=O. The van der Waals surface area contributed by atoms with E-state index in [-0.39, 0.29) is 11.3 Å². The molecule has 2 fully saturated rings. The molecule has 2 aliphatic rings. The minimum Gasteiger partial charge on any atom is -0.379 e. The molecule has 0 radical (unpaired) electrons. The molecule has 0 amide bonds. The molecule has 0 unspecified atom stereocenters. The highest BCUT2D eigenvalue weighted by Gasteiger charge is 2.38. The van der Waals surface area contributed by atoms with Gasteiger partial charge >= 0.3 is 0 Å². The predicted octanol–water partition coefficient (Wildman–Crippen LogP) is 1.01. The lowest BCUT2D eigenvalue weighted by atomic mass is 9.80. The second-order valence-electron chi connectivity index (χ2n) is 7.49. The van der Waals surface area contributed by atoms with Gasteiger partial charge in [-0.3, -0.25) is 9.89 Å². The highest BCUT2D eigenvalue weighted by atomic mass is 32.2. The van der Waals surface area contributed by atoms with Gasteiger partial charge in [0.1, 0.15) is 9.84 Å². The van der Waals surface area contributed by atoms with Crippen LogP contribution in [0, 0.1) is 0 Å². The monoisotopic (exact) mass is 388 g/mol. The number of hydrogen-bond acceptors (Lipinski definition) is 5. The van der Waals surface area contributed by atoms with Crippen LogP contribution in [0.15, 0.2) is 4.99 Å². The van der Waals surface area contributed by atoms with E-state index in [2.05, 4.69) is 15.5 Å². The lowest BCUT2D eigenvalue weighted by Gasteiger charge is -2.47. The third-order valence-corrected chi connectivity index (χ3v) is 6.36. The van der Waals surface area contributed by atoms with Gasteiger partial charge in [0.15, 0.2) is 5.96 Å². The van der Waals surface area contributed by atoms with Crippen LogP contribution in [0.4, 0.5) is 0 Å². The fraction of sp³-hybridized carbons (Fsp3) is 0.944. The molecule has 0 spiro atoms. The maximum absolute atomic E-state index is 11.3. The van der Waals surface area contributed by atoms with Gasteiger partial charge in [0.2, 0.25) is 0 Å². The molecule has 152 valence electrons. The molecule has 7 nitrogen and oxygen atoms in total. The van der Waals surface area contributed by atoms with Crippen LogP contribution in [0.5, 0.6) is 0 Å². The predicted molar refractivity (Wildman–Crippen MR) is 107 cm³/mol. The summed E-state index contributed by atoms with van der Waals surface area (Å²) in [7, 11) is -2.91. The minimum absolute atomic E-state index is 0.150. The standard InChI is InChI=1S/C18H36N4O3S/c1-3-19-17(20-10-7-15-26(2,23)24)21-16-18(8-5-4-6-9-18)22-11-13-25-14-12-22/h3-16H2,1-2H3,(H2,19,20,21). The largest absolute Gasteiger partial charge is 0.379 e. The zero-order valence-corrected chi connectivity index (χ0v) is 17.2. The number of rotatable bonds is 8. The highest BCUT2D eigenvalue weighted by Crippen LogP contribution is 2.34. The Kier molecular flexibility index (Phi) is 8.63. The van der Waals surface area contributed by atoms with Gasteiger partial charge < -0.3 is 15.4 Å². The number of sulfone groups is 1. The zero-order chi connectivity index (χ0) is 18.9. The van der Waals surface area contributed by atoms with Crippen LogP contribution < -0.4 is 10.6 Å². The fourth-order valence-corrected chi connectivity index (χ4v) is 4.60. The van der Waals surface area contributed by atoms with E-state index in [0.29, 0.717) is 13.0 Å². The van der Waals surface area contributed by atoms with Crippen molar-refractivity contribution in [2.45, 2.75) is 51.0 Å². The molecule has 1 aliphatic heterocycles. The van der Waals surface area contributed by atoms with E-state index in [1.807, 2.05) is 6.92 Å². The van der Waals surface area contributed by atoms with Crippen molar-refractivity contribution in [1.82, 2.24) is 15.5 Å². The Morgan fingerprint density at radius 2 is 1.85 bits per heavy atom. The van der Waals surface area contributed by atoms with Crippen LogP contribution >= 0.6 is 0 Å². The summed E-state index contributed by atoms with van der Waals surface area (Å²) in [5.74, 6) is 0.996. The molecule has 1 saturated carbocycles. The number of nitrogens with zero attached hydrogens (tertiary/aromatic N) is 2. The average molecular weight is 389 g/mol. The first-order chi connectivity index (χ1) is 12.5. The molecule has 0 aromatic heterocycles. The van der Waals surface area contributed by atoms with Crippen LogP contribution in [-0.2, 0) is 14.6 Å². The van der Waals surface area contributed by atoms with E-state index in [4.69, 9.17) is 9.73 Å². The van der Waals surface area contributed by atoms with Crippen molar-refractivity contribution >= 4 is 15.8 Å². The molecule has 0 atom stereocenters. The van der Waals surface area contributed by atoms with Gasteiger partial charge in [-0.15, -0.1) is 0 Å². The number of aliphatic imine (C=N–C) groups is 1. The number of guanidine groups is 1. The van der Waals surface area contributed by atoms with E-state index in [0.717, 1.165) is 45.4 Å². The molecular weight excluding hydrogens is 352 g/mol. The van der Waals surface area contributed by atoms with E-state index < -0.39 is 9.84 Å².